The van der Waals surface area contributed by atoms with Gasteiger partial charge in [0, 0.05) is 59.8 Å². The molecular weight excluding hydrogens is 651 g/mol. The van der Waals surface area contributed by atoms with E-state index in [1.54, 1.807) is 5.57 Å². The fraction of sp³-hybridized carbons (Fsp3) is 0.553. The van der Waals surface area contributed by atoms with Gasteiger partial charge in [-0.2, -0.15) is 5.06 Å². The van der Waals surface area contributed by atoms with Gasteiger partial charge in [-0.25, -0.2) is 4.99 Å². The van der Waals surface area contributed by atoms with Crippen LogP contribution in [0.25, 0.3) is 5.57 Å². The van der Waals surface area contributed by atoms with Crippen molar-refractivity contribution in [1.82, 2.24) is 15.3 Å². The van der Waals surface area contributed by atoms with Crippen LogP contribution in [0.15, 0.2) is 106 Å². The molecule has 6 nitrogen and oxygen atoms in total. The molecule has 53 heavy (non-hydrogen) atoms. The maximum Gasteiger partial charge on any atom is 0.129 e. The molecule has 0 spiro atoms. The number of piperazine rings is 1. The van der Waals surface area contributed by atoms with E-state index in [0.29, 0.717) is 26.2 Å². The molecule has 0 bridgehead atoms. The average Bonchev–Trinajstić information content (AvgIpc) is 3.52. The largest absolute Gasteiger partial charge is 0.402 e. The smallest absolute Gasteiger partial charge is 0.129 e. The van der Waals surface area contributed by atoms with Crippen LogP contribution in [-0.4, -0.2) is 52.6 Å². The number of benzene rings is 1. The van der Waals surface area contributed by atoms with Crippen LogP contribution in [0.4, 0.5) is 0 Å². The van der Waals surface area contributed by atoms with Crippen LogP contribution in [-0.2, 0) is 5.41 Å². The second-order valence-corrected chi connectivity index (χ2v) is 15.7. The first kappa shape index (κ1) is 45.5. The van der Waals surface area contributed by atoms with Crippen LogP contribution >= 0.6 is 0 Å². The third-order valence-electron chi connectivity index (χ3n) is 11.2. The van der Waals surface area contributed by atoms with Gasteiger partial charge in [0.2, 0.25) is 0 Å². The number of nitrogens with two attached hydrogens (primary N) is 1. The Balaban J connectivity index is 0.00000235. The minimum Gasteiger partial charge on any atom is -0.402 e. The van der Waals surface area contributed by atoms with Gasteiger partial charge in [0.25, 0.3) is 0 Å². The van der Waals surface area contributed by atoms with E-state index >= 15 is 0 Å². The van der Waals surface area contributed by atoms with Crippen molar-refractivity contribution in [2.45, 2.75) is 139 Å². The Bertz CT molecular complexity index is 1590. The van der Waals surface area contributed by atoms with Crippen molar-refractivity contribution >= 4 is 11.3 Å². The highest BCUT2D eigenvalue weighted by Crippen LogP contribution is 2.44. The summed E-state index contributed by atoms with van der Waals surface area (Å²) >= 11 is 0. The van der Waals surface area contributed by atoms with E-state index in [-0.39, 0.29) is 16.4 Å². The fourth-order valence-electron chi connectivity index (χ4n) is 7.49. The number of nitrogens with one attached hydrogen (secondary N) is 1. The Kier molecular flexibility index (Phi) is 17.8. The number of hydroxylamine groups is 2. The van der Waals surface area contributed by atoms with E-state index in [0.717, 1.165) is 78.2 Å². The van der Waals surface area contributed by atoms with E-state index in [1.165, 1.54) is 16.2 Å². The monoisotopic (exact) mass is 726 g/mol. The van der Waals surface area contributed by atoms with Crippen LogP contribution < -0.4 is 11.1 Å². The SMILES string of the molecule is C=C(CC1(C)CC=C(CC)C1)NC(C)(C)C(C)(C)c1cccc(C(=C\C)/C=C(\N=C(C)\C(C2=CC=CCC2)=C(\C)N)N2CCN(O)CC2)c1.CC.CC. The summed E-state index contributed by atoms with van der Waals surface area (Å²) in [4.78, 5) is 7.54. The van der Waals surface area contributed by atoms with Crippen LogP contribution in [0.1, 0.15) is 140 Å². The van der Waals surface area contributed by atoms with Crippen molar-refractivity contribution in [2.75, 3.05) is 26.2 Å². The second kappa shape index (κ2) is 20.7. The topological polar surface area (TPSA) is 77.1 Å². The molecule has 0 aromatic heterocycles. The van der Waals surface area contributed by atoms with Crippen molar-refractivity contribution in [3.8, 4) is 0 Å². The first-order chi connectivity index (χ1) is 25.1. The molecule has 294 valence electrons. The molecule has 1 fully saturated rings. The van der Waals surface area contributed by atoms with E-state index in [4.69, 9.17) is 10.7 Å². The van der Waals surface area contributed by atoms with Crippen LogP contribution in [0.5, 0.6) is 0 Å². The Morgan fingerprint density at radius 2 is 1.74 bits per heavy atom. The highest BCUT2D eigenvalue weighted by molar-refractivity contribution is 6.03. The standard InChI is InChI=1S/C43H63N5O.2C2H6/c1-11-34-21-22-43(10,30-34)29-31(3)46-42(8,9)41(6,7)38-20-16-19-37(27-38)35(12-2)28-39(47-23-25-48(49)26-24-47)45-33(5)40(32(4)44)36-17-14-13-15-18-36;2*1-2/h12-14,16-17,19-21,27-28,46,49H,3,11,15,18,22-26,29-30,44H2,1-2,4-10H3;2*1-2H3/b35-12-,39-28+,40-32+,45-33+;;. The molecule has 2 aliphatic carbocycles. The van der Waals surface area contributed by atoms with Crippen molar-refractivity contribution in [1.29, 1.82) is 0 Å². The third kappa shape index (κ3) is 12.2. The van der Waals surface area contributed by atoms with Gasteiger partial charge in [-0.05, 0) is 107 Å². The van der Waals surface area contributed by atoms with Crippen LogP contribution in [0.3, 0.4) is 0 Å². The lowest BCUT2D eigenvalue weighted by molar-refractivity contribution is -0.113. The summed E-state index contributed by atoms with van der Waals surface area (Å²) < 4.78 is 0. The van der Waals surface area contributed by atoms with E-state index in [2.05, 4.69) is 133 Å². The lowest BCUT2D eigenvalue weighted by atomic mass is 9.69. The van der Waals surface area contributed by atoms with Gasteiger partial charge >= 0.3 is 0 Å². The molecule has 1 unspecified atom stereocenters. The molecule has 1 heterocycles. The average molecular weight is 726 g/mol. The first-order valence-electron chi connectivity index (χ1n) is 20.3. The third-order valence-corrected chi connectivity index (χ3v) is 11.2. The fourth-order valence-corrected chi connectivity index (χ4v) is 7.49. The van der Waals surface area contributed by atoms with Crippen molar-refractivity contribution in [3.05, 3.63) is 112 Å². The Morgan fingerprint density at radius 3 is 2.28 bits per heavy atom. The molecule has 0 saturated carbocycles. The van der Waals surface area contributed by atoms with Crippen molar-refractivity contribution in [2.24, 2.45) is 16.1 Å². The quantitative estimate of drug-likeness (QED) is 0.107. The lowest BCUT2D eigenvalue weighted by Crippen LogP contribution is -2.53. The Hall–Kier alpha value is -3.61. The Labute approximate surface area is 325 Å². The molecule has 1 aromatic carbocycles. The molecule has 4 rings (SSSR count). The van der Waals surface area contributed by atoms with E-state index in [9.17, 15) is 5.21 Å². The normalized spacial score (nSPS) is 20.7. The number of aliphatic imine (C=N–C) groups is 1. The molecule has 1 saturated heterocycles. The zero-order chi connectivity index (χ0) is 40.0. The highest BCUT2D eigenvalue weighted by Gasteiger charge is 2.40. The van der Waals surface area contributed by atoms with Gasteiger partial charge in [-0.3, -0.25) is 0 Å². The number of hydrogen-bond donors (Lipinski definition) is 3. The summed E-state index contributed by atoms with van der Waals surface area (Å²) in [6.45, 7) is 35.1. The van der Waals surface area contributed by atoms with Gasteiger partial charge < -0.3 is 21.2 Å². The first-order valence-corrected chi connectivity index (χ1v) is 20.3. The summed E-state index contributed by atoms with van der Waals surface area (Å²) in [5, 5.41) is 15.4. The predicted molar refractivity (Wildman–Crippen MR) is 232 cm³/mol. The van der Waals surface area contributed by atoms with Gasteiger partial charge in [0.05, 0.1) is 0 Å². The number of nitrogens with zero attached hydrogens (tertiary/aromatic N) is 3. The number of hydrogen-bond acceptors (Lipinski definition) is 6. The molecule has 1 aliphatic heterocycles. The maximum atomic E-state index is 10.1. The zero-order valence-corrected chi connectivity index (χ0v) is 35.9. The molecule has 3 aliphatic rings. The highest BCUT2D eigenvalue weighted by atomic mass is 16.5. The maximum absolute atomic E-state index is 10.1. The van der Waals surface area contributed by atoms with Crippen LogP contribution in [0, 0.1) is 5.41 Å². The van der Waals surface area contributed by atoms with Crippen LogP contribution in [0.2, 0.25) is 0 Å². The van der Waals surface area contributed by atoms with Crippen molar-refractivity contribution < 1.29 is 5.21 Å². The minimum absolute atomic E-state index is 0.201. The predicted octanol–water partition coefficient (Wildman–Crippen LogP) is 11.6. The van der Waals surface area contributed by atoms with Gasteiger partial charge in [-0.15, -0.1) is 0 Å². The molecular formula is C47H75N5O. The molecule has 0 amide bonds. The molecule has 1 aromatic rings. The lowest BCUT2D eigenvalue weighted by Gasteiger charge is -2.45. The molecule has 0 radical (unpaired) electrons. The molecule has 1 atom stereocenters. The molecule has 4 N–H and O–H groups in total. The summed E-state index contributed by atoms with van der Waals surface area (Å²) in [5.74, 6) is 0.883. The number of rotatable bonds is 13. The summed E-state index contributed by atoms with van der Waals surface area (Å²) in [7, 11) is 0. The minimum atomic E-state index is -0.243. The summed E-state index contributed by atoms with van der Waals surface area (Å²) in [5.41, 5.74) is 16.4. The Morgan fingerprint density at radius 1 is 1.08 bits per heavy atom. The number of allylic oxidation sites excluding steroid dienone is 12. The van der Waals surface area contributed by atoms with Crippen molar-refractivity contribution in [3.63, 3.8) is 0 Å². The summed E-state index contributed by atoms with van der Waals surface area (Å²) in [6, 6.07) is 8.95. The summed E-state index contributed by atoms with van der Waals surface area (Å²) in [6.07, 6.45) is 19.6. The van der Waals surface area contributed by atoms with E-state index in [1.807, 2.05) is 34.6 Å². The van der Waals surface area contributed by atoms with Gasteiger partial charge in [-0.1, -0.05) is 122 Å². The van der Waals surface area contributed by atoms with Gasteiger partial charge in [0.1, 0.15) is 5.82 Å². The van der Waals surface area contributed by atoms with E-state index < -0.39 is 0 Å². The zero-order valence-electron chi connectivity index (χ0n) is 35.9. The second-order valence-electron chi connectivity index (χ2n) is 15.7. The van der Waals surface area contributed by atoms with Gasteiger partial charge in [0.15, 0.2) is 0 Å². The molecule has 6 heteroatoms.